The van der Waals surface area contributed by atoms with Crippen LogP contribution in [0.15, 0.2) is 36.5 Å². The van der Waals surface area contributed by atoms with Gasteiger partial charge in [-0.15, -0.1) is 0 Å². The van der Waals surface area contributed by atoms with Crippen LogP contribution in [0, 0.1) is 23.1 Å². The maximum Gasteiger partial charge on any atom is 0.272 e. The highest BCUT2D eigenvalue weighted by molar-refractivity contribution is 6.10. The molecule has 3 heterocycles. The molecule has 0 aliphatic carbocycles. The molecule has 2 aromatic rings. The van der Waals surface area contributed by atoms with Crippen molar-refractivity contribution >= 4 is 23.1 Å². The molecule has 0 radical (unpaired) electrons. The number of halogens is 1. The number of hydrogen-bond donors (Lipinski definition) is 2. The van der Waals surface area contributed by atoms with Crippen LogP contribution in [0.4, 0.5) is 4.39 Å². The average Bonchev–Trinajstić information content (AvgIpc) is 3.54. The highest BCUT2D eigenvalue weighted by Gasteiger charge is 2.32. The number of carbonyl (C=O) groups is 2. The molecule has 2 saturated heterocycles. The predicted molar refractivity (Wildman–Crippen MR) is 135 cm³/mol. The second-order valence-corrected chi connectivity index (χ2v) is 9.94. The number of rotatable bonds is 7. The summed E-state index contributed by atoms with van der Waals surface area (Å²) in [5.41, 5.74) is 1.99. The molecule has 4 rings (SSSR count). The van der Waals surface area contributed by atoms with Crippen molar-refractivity contribution < 1.29 is 18.7 Å². The molecule has 2 unspecified atom stereocenters. The van der Waals surface area contributed by atoms with Gasteiger partial charge in [-0.05, 0) is 66.7 Å². The van der Waals surface area contributed by atoms with Gasteiger partial charge in [0.05, 0.1) is 11.9 Å². The summed E-state index contributed by atoms with van der Waals surface area (Å²) in [6.45, 7) is 8.76. The Morgan fingerprint density at radius 1 is 1.28 bits per heavy atom. The minimum Gasteiger partial charge on any atom is -0.381 e. The summed E-state index contributed by atoms with van der Waals surface area (Å²) >= 11 is 0. The Kier molecular flexibility index (Phi) is 7.98. The zero-order chi connectivity index (χ0) is 25.8. The van der Waals surface area contributed by atoms with E-state index >= 15 is 0 Å². The van der Waals surface area contributed by atoms with Crippen molar-refractivity contribution in [1.82, 2.24) is 19.8 Å². The first-order chi connectivity index (χ1) is 17.2. The van der Waals surface area contributed by atoms with Gasteiger partial charge in [0.2, 0.25) is 5.91 Å². The highest BCUT2D eigenvalue weighted by Crippen LogP contribution is 2.23. The van der Waals surface area contributed by atoms with E-state index in [1.165, 1.54) is 18.3 Å². The van der Waals surface area contributed by atoms with E-state index in [-0.39, 0.29) is 35.3 Å². The van der Waals surface area contributed by atoms with Crippen LogP contribution < -0.4 is 0 Å². The van der Waals surface area contributed by atoms with E-state index in [9.17, 15) is 14.0 Å². The number of amides is 2. The van der Waals surface area contributed by atoms with Gasteiger partial charge in [0.25, 0.3) is 5.91 Å². The van der Waals surface area contributed by atoms with Crippen molar-refractivity contribution in [3.05, 3.63) is 59.4 Å². The van der Waals surface area contributed by atoms with Crippen molar-refractivity contribution in [2.24, 2.45) is 11.8 Å². The number of hydrogen-bond acceptors (Lipinski definition) is 5. The molecule has 2 atom stereocenters. The molecule has 2 aliphatic heterocycles. The Balaban J connectivity index is 1.42. The molecular weight excluding hydrogens is 461 g/mol. The average molecular weight is 496 g/mol. The second kappa shape index (κ2) is 11.2. The summed E-state index contributed by atoms with van der Waals surface area (Å²) < 4.78 is 18.6. The van der Waals surface area contributed by atoms with Crippen molar-refractivity contribution in [2.45, 2.75) is 39.7 Å². The zero-order valence-electron chi connectivity index (χ0n) is 21.1. The number of nitrogens with one attached hydrogen (secondary N) is 2. The van der Waals surface area contributed by atoms with Crippen molar-refractivity contribution in [2.75, 3.05) is 32.8 Å². The number of nitrogens with zero attached hydrogens (tertiary/aromatic N) is 3. The van der Waals surface area contributed by atoms with E-state index in [1.54, 1.807) is 23.1 Å². The van der Waals surface area contributed by atoms with Gasteiger partial charge in [-0.3, -0.25) is 9.59 Å². The van der Waals surface area contributed by atoms with Crippen LogP contribution in [-0.4, -0.2) is 76.2 Å². The van der Waals surface area contributed by atoms with Crippen LogP contribution in [0.2, 0.25) is 0 Å². The van der Waals surface area contributed by atoms with Gasteiger partial charge in [0.1, 0.15) is 17.3 Å². The molecule has 8 nitrogen and oxygen atoms in total. The standard InChI is InChI=1S/C27H34FN5O3/c1-17(2)22(13-23(29)20-4-6-21(28)7-5-20)26-30-14-24(31-26)27(35)32-9-10-33(18(3)15-32)25(34)12-19-8-11-36-16-19/h4-7,13-14,17-19,29H,8-12,15-16H2,1-3H3,(H,30,31)/b22-13-,29-23?. The lowest BCUT2D eigenvalue weighted by Crippen LogP contribution is -2.55. The van der Waals surface area contributed by atoms with E-state index in [0.29, 0.717) is 55.7 Å². The minimum atomic E-state index is -0.350. The maximum atomic E-state index is 13.2. The van der Waals surface area contributed by atoms with Crippen molar-refractivity contribution in [1.29, 1.82) is 5.41 Å². The molecular formula is C27H34FN5O3. The van der Waals surface area contributed by atoms with E-state index in [2.05, 4.69) is 9.97 Å². The summed E-state index contributed by atoms with van der Waals surface area (Å²) in [6, 6.07) is 5.72. The SMILES string of the molecule is CC(C)/C(=C/C(=N)c1ccc(F)cc1)c1ncc(C(=O)N2CCN(C(=O)CC3CCOC3)C(C)C2)[nH]1. The molecule has 192 valence electrons. The van der Waals surface area contributed by atoms with Gasteiger partial charge in [0, 0.05) is 45.3 Å². The second-order valence-electron chi connectivity index (χ2n) is 9.94. The summed E-state index contributed by atoms with van der Waals surface area (Å²) in [5, 5.41) is 8.42. The van der Waals surface area contributed by atoms with Gasteiger partial charge in [-0.2, -0.15) is 0 Å². The number of allylic oxidation sites excluding steroid dienone is 2. The third kappa shape index (κ3) is 5.90. The van der Waals surface area contributed by atoms with Crippen LogP contribution >= 0.6 is 0 Å². The van der Waals surface area contributed by atoms with Gasteiger partial charge in [-0.25, -0.2) is 9.37 Å². The van der Waals surface area contributed by atoms with E-state index < -0.39 is 0 Å². The number of aromatic amines is 1. The molecule has 2 N–H and O–H groups in total. The molecule has 36 heavy (non-hydrogen) atoms. The third-order valence-corrected chi connectivity index (χ3v) is 6.88. The minimum absolute atomic E-state index is 0.0414. The predicted octanol–water partition coefficient (Wildman–Crippen LogP) is 3.76. The molecule has 1 aromatic heterocycles. The van der Waals surface area contributed by atoms with Crippen LogP contribution in [0.1, 0.15) is 55.5 Å². The molecule has 1 aromatic carbocycles. The van der Waals surface area contributed by atoms with Crippen LogP contribution in [0.3, 0.4) is 0 Å². The fourth-order valence-electron chi connectivity index (χ4n) is 4.74. The number of ether oxygens (including phenoxy) is 1. The van der Waals surface area contributed by atoms with E-state index in [4.69, 9.17) is 10.1 Å². The fraction of sp³-hybridized carbons (Fsp3) is 0.481. The molecule has 9 heteroatoms. The first kappa shape index (κ1) is 25.8. The Labute approximate surface area is 211 Å². The van der Waals surface area contributed by atoms with E-state index in [0.717, 1.165) is 18.6 Å². The van der Waals surface area contributed by atoms with Crippen LogP contribution in [0.25, 0.3) is 5.57 Å². The monoisotopic (exact) mass is 495 g/mol. The Morgan fingerprint density at radius 2 is 2.03 bits per heavy atom. The summed E-state index contributed by atoms with van der Waals surface area (Å²) in [6.07, 6.45) is 4.65. The van der Waals surface area contributed by atoms with Crippen molar-refractivity contribution in [3.8, 4) is 0 Å². The summed E-state index contributed by atoms with van der Waals surface area (Å²) in [5.74, 6) is 0.482. The number of imidazole rings is 1. The largest absolute Gasteiger partial charge is 0.381 e. The van der Waals surface area contributed by atoms with Gasteiger partial charge in [0.15, 0.2) is 0 Å². The number of carbonyl (C=O) groups excluding carboxylic acids is 2. The summed E-state index contributed by atoms with van der Waals surface area (Å²) in [4.78, 5) is 37.2. The van der Waals surface area contributed by atoms with Crippen LogP contribution in [-0.2, 0) is 9.53 Å². The number of H-pyrrole nitrogens is 1. The summed E-state index contributed by atoms with van der Waals surface area (Å²) in [7, 11) is 0. The van der Waals surface area contributed by atoms with Gasteiger partial charge < -0.3 is 24.9 Å². The van der Waals surface area contributed by atoms with Gasteiger partial charge >= 0.3 is 0 Å². The number of piperazine rings is 1. The lowest BCUT2D eigenvalue weighted by atomic mass is 9.98. The molecule has 2 fully saturated rings. The molecule has 2 amide bonds. The topological polar surface area (TPSA) is 102 Å². The number of aromatic nitrogens is 2. The fourth-order valence-corrected chi connectivity index (χ4v) is 4.74. The highest BCUT2D eigenvalue weighted by atomic mass is 19.1. The van der Waals surface area contributed by atoms with Crippen molar-refractivity contribution in [3.63, 3.8) is 0 Å². The maximum absolute atomic E-state index is 13.2. The quantitative estimate of drug-likeness (QED) is 0.571. The molecule has 2 aliphatic rings. The lowest BCUT2D eigenvalue weighted by molar-refractivity contribution is -0.136. The van der Waals surface area contributed by atoms with Gasteiger partial charge in [-0.1, -0.05) is 13.8 Å². The smallest absolute Gasteiger partial charge is 0.272 e. The first-order valence-corrected chi connectivity index (χ1v) is 12.5. The Morgan fingerprint density at radius 3 is 2.67 bits per heavy atom. The normalized spacial score (nSPS) is 20.8. The molecule has 0 spiro atoms. The van der Waals surface area contributed by atoms with E-state index in [1.807, 2.05) is 25.7 Å². The lowest BCUT2D eigenvalue weighted by Gasteiger charge is -2.40. The number of benzene rings is 1. The van der Waals surface area contributed by atoms with Crippen LogP contribution in [0.5, 0.6) is 0 Å². The molecule has 0 saturated carbocycles. The molecule has 0 bridgehead atoms. The first-order valence-electron chi connectivity index (χ1n) is 12.5. The Bertz CT molecular complexity index is 1130. The zero-order valence-corrected chi connectivity index (χ0v) is 21.1. The third-order valence-electron chi connectivity index (χ3n) is 6.88. The Hall–Kier alpha value is -3.33.